The third-order valence-corrected chi connectivity index (χ3v) is 6.09. The summed E-state index contributed by atoms with van der Waals surface area (Å²) in [6.45, 7) is 2.75. The van der Waals surface area contributed by atoms with Crippen LogP contribution in [-0.2, 0) is 0 Å². The number of rotatable bonds is 4. The first-order valence-corrected chi connectivity index (χ1v) is 9.86. The number of carbonyl (C=O) groups is 1. The zero-order chi connectivity index (χ0) is 17.7. The van der Waals surface area contributed by atoms with Gasteiger partial charge in [-0.2, -0.15) is 17.0 Å². The fourth-order valence-corrected chi connectivity index (χ4v) is 4.71. The number of nitriles is 1. The number of hydrogen-bond acceptors (Lipinski definition) is 4. The van der Waals surface area contributed by atoms with E-state index in [4.69, 9.17) is 5.26 Å². The Morgan fingerprint density at radius 1 is 1.32 bits per heavy atom. The van der Waals surface area contributed by atoms with Crippen LogP contribution in [0.15, 0.2) is 18.2 Å². The maximum Gasteiger partial charge on any atom is 0.319 e. The van der Waals surface area contributed by atoms with Crippen molar-refractivity contribution in [2.45, 2.75) is 31.2 Å². The highest BCUT2D eigenvalue weighted by Crippen LogP contribution is 2.36. The predicted molar refractivity (Wildman–Crippen MR) is 98.2 cm³/mol. The van der Waals surface area contributed by atoms with Crippen molar-refractivity contribution in [3.8, 4) is 6.07 Å². The molecule has 134 valence electrons. The second kappa shape index (κ2) is 8.07. The Bertz CT molecular complexity index is 664. The van der Waals surface area contributed by atoms with Crippen molar-refractivity contribution in [2.75, 3.05) is 36.5 Å². The molecule has 2 fully saturated rings. The number of hydrogen-bond donors (Lipinski definition) is 2. The van der Waals surface area contributed by atoms with Gasteiger partial charge in [-0.05, 0) is 31.0 Å². The number of thioether (sulfide) groups is 1. The van der Waals surface area contributed by atoms with Crippen LogP contribution < -0.4 is 10.6 Å². The van der Waals surface area contributed by atoms with E-state index in [0.29, 0.717) is 12.2 Å². The average Bonchev–Trinajstić information content (AvgIpc) is 3.12. The molecule has 0 aromatic heterocycles. The molecule has 2 aliphatic rings. The molecule has 5 nitrogen and oxygen atoms in total. The molecule has 0 atom stereocenters. The molecule has 0 bridgehead atoms. The first kappa shape index (κ1) is 18.0. The molecule has 1 aliphatic carbocycles. The van der Waals surface area contributed by atoms with E-state index in [2.05, 4.69) is 15.5 Å². The molecule has 1 saturated carbocycles. The summed E-state index contributed by atoms with van der Waals surface area (Å²) in [5, 5.41) is 14.7. The highest BCUT2D eigenvalue weighted by Gasteiger charge is 2.40. The third-order valence-electron chi connectivity index (χ3n) is 5.14. The lowest BCUT2D eigenvalue weighted by molar-refractivity contribution is 0.105. The first-order valence-electron chi connectivity index (χ1n) is 8.70. The van der Waals surface area contributed by atoms with Gasteiger partial charge >= 0.3 is 6.03 Å². The van der Waals surface area contributed by atoms with Crippen LogP contribution in [0.2, 0.25) is 0 Å². The standard InChI is InChI=1S/C18H23FN4OS/c19-15-3-4-16(14(11-15)12-20)22-17(24)21-13-18(5-1-2-6-18)23-7-9-25-10-8-23/h3-4,11H,1-2,5-10,13H2,(H2,21,22,24). The third kappa shape index (κ3) is 4.25. The minimum Gasteiger partial charge on any atom is -0.336 e. The summed E-state index contributed by atoms with van der Waals surface area (Å²) >= 11 is 1.98. The van der Waals surface area contributed by atoms with Gasteiger partial charge < -0.3 is 10.6 Å². The molecule has 0 spiro atoms. The normalized spacial score (nSPS) is 20.0. The zero-order valence-electron chi connectivity index (χ0n) is 14.2. The van der Waals surface area contributed by atoms with Crippen molar-refractivity contribution in [3.63, 3.8) is 0 Å². The van der Waals surface area contributed by atoms with Crippen molar-refractivity contribution >= 4 is 23.5 Å². The van der Waals surface area contributed by atoms with E-state index < -0.39 is 5.82 Å². The van der Waals surface area contributed by atoms with E-state index in [1.807, 2.05) is 17.8 Å². The van der Waals surface area contributed by atoms with Gasteiger partial charge in [0.1, 0.15) is 11.9 Å². The van der Waals surface area contributed by atoms with E-state index in [1.54, 1.807) is 0 Å². The average molecular weight is 362 g/mol. The Hall–Kier alpha value is -1.78. The molecule has 0 unspecified atom stereocenters. The lowest BCUT2D eigenvalue weighted by Crippen LogP contribution is -2.56. The van der Waals surface area contributed by atoms with E-state index >= 15 is 0 Å². The van der Waals surface area contributed by atoms with Gasteiger partial charge in [-0.15, -0.1) is 0 Å². The quantitative estimate of drug-likeness (QED) is 0.863. The highest BCUT2D eigenvalue weighted by atomic mass is 32.2. The van der Waals surface area contributed by atoms with Crippen molar-refractivity contribution < 1.29 is 9.18 Å². The summed E-state index contributed by atoms with van der Waals surface area (Å²) in [4.78, 5) is 14.8. The molecular weight excluding hydrogens is 339 g/mol. The van der Waals surface area contributed by atoms with Crippen LogP contribution in [-0.4, -0.2) is 47.6 Å². The maximum absolute atomic E-state index is 13.2. The zero-order valence-corrected chi connectivity index (χ0v) is 15.0. The minimum atomic E-state index is -0.490. The maximum atomic E-state index is 13.2. The molecule has 1 aromatic carbocycles. The Morgan fingerprint density at radius 3 is 2.72 bits per heavy atom. The van der Waals surface area contributed by atoms with Gasteiger partial charge in [-0.3, -0.25) is 4.90 Å². The number of benzene rings is 1. The number of halogens is 1. The molecule has 1 aliphatic heterocycles. The lowest BCUT2D eigenvalue weighted by Gasteiger charge is -2.43. The Morgan fingerprint density at radius 2 is 2.04 bits per heavy atom. The predicted octanol–water partition coefficient (Wildman–Crippen LogP) is 3.18. The van der Waals surface area contributed by atoms with Crippen LogP contribution >= 0.6 is 11.8 Å². The topological polar surface area (TPSA) is 68.2 Å². The molecule has 7 heteroatoms. The van der Waals surface area contributed by atoms with Gasteiger partial charge in [0.15, 0.2) is 0 Å². The van der Waals surface area contributed by atoms with E-state index in [9.17, 15) is 9.18 Å². The van der Waals surface area contributed by atoms with E-state index in [1.165, 1.54) is 25.0 Å². The fourth-order valence-electron chi connectivity index (χ4n) is 3.80. The van der Waals surface area contributed by atoms with Gasteiger partial charge in [0, 0.05) is 36.7 Å². The van der Waals surface area contributed by atoms with Crippen LogP contribution in [0.1, 0.15) is 31.2 Å². The van der Waals surface area contributed by atoms with Crippen LogP contribution in [0.4, 0.5) is 14.9 Å². The molecule has 1 saturated heterocycles. The number of carbonyl (C=O) groups excluding carboxylic acids is 1. The summed E-state index contributed by atoms with van der Waals surface area (Å²) in [6, 6.07) is 5.34. The summed E-state index contributed by atoms with van der Waals surface area (Å²) in [6.07, 6.45) is 4.61. The van der Waals surface area contributed by atoms with Gasteiger partial charge in [-0.1, -0.05) is 12.8 Å². The molecule has 3 rings (SSSR count). The van der Waals surface area contributed by atoms with Crippen LogP contribution in [0.25, 0.3) is 0 Å². The summed E-state index contributed by atoms with van der Waals surface area (Å²) < 4.78 is 13.2. The number of urea groups is 1. The molecule has 2 amide bonds. The van der Waals surface area contributed by atoms with Crippen molar-refractivity contribution in [3.05, 3.63) is 29.6 Å². The van der Waals surface area contributed by atoms with E-state index in [-0.39, 0.29) is 17.1 Å². The molecule has 0 radical (unpaired) electrons. The molecule has 2 N–H and O–H groups in total. The van der Waals surface area contributed by atoms with Crippen LogP contribution in [0, 0.1) is 17.1 Å². The van der Waals surface area contributed by atoms with Crippen molar-refractivity contribution in [1.82, 2.24) is 10.2 Å². The fraction of sp³-hybridized carbons (Fsp3) is 0.556. The smallest absolute Gasteiger partial charge is 0.319 e. The Labute approximate surface area is 152 Å². The lowest BCUT2D eigenvalue weighted by atomic mass is 9.94. The number of nitrogens with zero attached hydrogens (tertiary/aromatic N) is 2. The largest absolute Gasteiger partial charge is 0.336 e. The number of nitrogens with one attached hydrogen (secondary N) is 2. The van der Waals surface area contributed by atoms with E-state index in [0.717, 1.165) is 43.5 Å². The number of anilines is 1. The SMILES string of the molecule is N#Cc1cc(F)ccc1NC(=O)NCC1(N2CCSCC2)CCCC1. The summed E-state index contributed by atoms with van der Waals surface area (Å²) in [7, 11) is 0. The van der Waals surface area contributed by atoms with Crippen molar-refractivity contribution in [1.29, 1.82) is 5.26 Å². The first-order chi connectivity index (χ1) is 12.1. The number of amides is 2. The van der Waals surface area contributed by atoms with Crippen LogP contribution in [0.5, 0.6) is 0 Å². The Kier molecular flexibility index (Phi) is 5.82. The highest BCUT2D eigenvalue weighted by molar-refractivity contribution is 7.99. The Balaban J connectivity index is 1.61. The molecule has 1 heterocycles. The second-order valence-corrected chi connectivity index (χ2v) is 7.87. The molecule has 25 heavy (non-hydrogen) atoms. The second-order valence-electron chi connectivity index (χ2n) is 6.64. The van der Waals surface area contributed by atoms with Gasteiger partial charge in [-0.25, -0.2) is 9.18 Å². The van der Waals surface area contributed by atoms with Crippen LogP contribution in [0.3, 0.4) is 0 Å². The van der Waals surface area contributed by atoms with Gasteiger partial charge in [0.05, 0.1) is 11.3 Å². The summed E-state index contributed by atoms with van der Waals surface area (Å²) in [5.41, 5.74) is 0.508. The molecular formula is C18H23FN4OS. The van der Waals surface area contributed by atoms with Gasteiger partial charge in [0.2, 0.25) is 0 Å². The van der Waals surface area contributed by atoms with Crippen molar-refractivity contribution in [2.24, 2.45) is 0 Å². The minimum absolute atomic E-state index is 0.0547. The van der Waals surface area contributed by atoms with Gasteiger partial charge in [0.25, 0.3) is 0 Å². The monoisotopic (exact) mass is 362 g/mol. The summed E-state index contributed by atoms with van der Waals surface area (Å²) in [5.74, 6) is 1.81. The molecule has 1 aromatic rings.